The lowest BCUT2D eigenvalue weighted by Gasteiger charge is -2.46. The summed E-state index contributed by atoms with van der Waals surface area (Å²) in [5.74, 6) is 1.39. The van der Waals surface area contributed by atoms with E-state index in [0.29, 0.717) is 18.1 Å². The van der Waals surface area contributed by atoms with Crippen molar-refractivity contribution in [1.29, 1.82) is 0 Å². The lowest BCUT2D eigenvalue weighted by molar-refractivity contribution is -0.117. The number of carbonyl (C=O) groups is 2. The minimum atomic E-state index is -0.196. The number of hydrogen-bond donors (Lipinski definition) is 3. The van der Waals surface area contributed by atoms with Gasteiger partial charge in [0.2, 0.25) is 0 Å². The van der Waals surface area contributed by atoms with E-state index in [1.54, 1.807) is 0 Å². The first-order valence-electron chi connectivity index (χ1n) is 12.0. The molecule has 0 saturated carbocycles. The Morgan fingerprint density at radius 3 is 2.80 bits per heavy atom. The summed E-state index contributed by atoms with van der Waals surface area (Å²) in [6, 6.07) is 15.3. The van der Waals surface area contributed by atoms with E-state index in [9.17, 15) is 9.59 Å². The molecule has 0 aromatic heterocycles. The van der Waals surface area contributed by atoms with E-state index >= 15 is 0 Å². The zero-order chi connectivity index (χ0) is 23.9. The lowest BCUT2D eigenvalue weighted by atomic mass is 9.86. The smallest absolute Gasteiger partial charge is 0.326 e. The van der Waals surface area contributed by atoms with Gasteiger partial charge in [-0.25, -0.2) is 4.79 Å². The molecule has 3 fully saturated rings. The van der Waals surface area contributed by atoms with Crippen molar-refractivity contribution in [2.45, 2.75) is 37.2 Å². The number of thioether (sulfide) groups is 1. The standard InChI is InChI=1S/C26H28N4O4S/c1-15-13-18(34-17-5-3-2-4-6-17)7-8-19(15)30-20-9-11-27-25-21(20)22(29-26(30)32)23(35-25)24(31)28-16-10-12-33-14-16/h2-8,13,16,20-21,25,27H,9-12,14H2,1H3,(H,28,31)(H,29,32)/t16-,20?,21?,25?/m0/s1. The number of piperidine rings is 1. The Kier molecular flexibility index (Phi) is 5.91. The van der Waals surface area contributed by atoms with Gasteiger partial charge in [0, 0.05) is 23.9 Å². The topological polar surface area (TPSA) is 91.9 Å². The lowest BCUT2D eigenvalue weighted by Crippen LogP contribution is -2.62. The minimum Gasteiger partial charge on any atom is -0.457 e. The average molecular weight is 493 g/mol. The fourth-order valence-corrected chi connectivity index (χ4v) is 6.79. The van der Waals surface area contributed by atoms with Crippen molar-refractivity contribution in [1.82, 2.24) is 16.0 Å². The Morgan fingerprint density at radius 2 is 2.03 bits per heavy atom. The van der Waals surface area contributed by atoms with Crippen LogP contribution in [0, 0.1) is 12.8 Å². The van der Waals surface area contributed by atoms with Crippen LogP contribution in [0.25, 0.3) is 0 Å². The molecule has 3 unspecified atom stereocenters. The molecule has 182 valence electrons. The highest BCUT2D eigenvalue weighted by Gasteiger charge is 2.52. The van der Waals surface area contributed by atoms with E-state index in [2.05, 4.69) is 16.0 Å². The van der Waals surface area contributed by atoms with Gasteiger partial charge < -0.3 is 25.4 Å². The van der Waals surface area contributed by atoms with Gasteiger partial charge in [0.1, 0.15) is 11.5 Å². The SMILES string of the molecule is Cc1cc(Oc2ccccc2)ccc1N1C(=O)NC2=C(C(=O)N[C@H]3CCOC3)SC3NCCC1C23. The molecule has 35 heavy (non-hydrogen) atoms. The molecule has 0 aliphatic carbocycles. The zero-order valence-corrected chi connectivity index (χ0v) is 20.3. The predicted molar refractivity (Wildman–Crippen MR) is 134 cm³/mol. The molecular weight excluding hydrogens is 464 g/mol. The molecule has 3 saturated heterocycles. The maximum atomic E-state index is 13.4. The van der Waals surface area contributed by atoms with E-state index < -0.39 is 0 Å². The number of hydrogen-bond acceptors (Lipinski definition) is 6. The number of para-hydroxylation sites is 1. The van der Waals surface area contributed by atoms with Crippen LogP contribution in [-0.2, 0) is 9.53 Å². The fraction of sp³-hybridized carbons (Fsp3) is 0.385. The molecule has 3 amide bonds. The summed E-state index contributed by atoms with van der Waals surface area (Å²) in [7, 11) is 0. The third-order valence-electron chi connectivity index (χ3n) is 7.02. The Morgan fingerprint density at radius 1 is 1.17 bits per heavy atom. The monoisotopic (exact) mass is 492 g/mol. The maximum absolute atomic E-state index is 13.4. The van der Waals surface area contributed by atoms with E-state index in [1.165, 1.54) is 11.8 Å². The van der Waals surface area contributed by atoms with Gasteiger partial charge in [-0.05, 0) is 62.2 Å². The number of carbonyl (C=O) groups excluding carboxylic acids is 2. The van der Waals surface area contributed by atoms with Crippen LogP contribution in [-0.4, -0.2) is 49.2 Å². The molecule has 3 N–H and O–H groups in total. The third-order valence-corrected chi connectivity index (χ3v) is 8.37. The number of benzene rings is 2. The van der Waals surface area contributed by atoms with Crippen LogP contribution < -0.4 is 25.6 Å². The second-order valence-electron chi connectivity index (χ2n) is 9.31. The second kappa shape index (κ2) is 9.22. The molecule has 6 rings (SSSR count). The van der Waals surface area contributed by atoms with Crippen molar-refractivity contribution >= 4 is 29.4 Å². The second-order valence-corrected chi connectivity index (χ2v) is 10.5. The maximum Gasteiger partial charge on any atom is 0.326 e. The van der Waals surface area contributed by atoms with Gasteiger partial charge in [0.15, 0.2) is 0 Å². The molecule has 0 radical (unpaired) electrons. The van der Waals surface area contributed by atoms with Crippen LogP contribution in [0.2, 0.25) is 0 Å². The van der Waals surface area contributed by atoms with Gasteiger partial charge in [0.05, 0.1) is 29.0 Å². The summed E-state index contributed by atoms with van der Waals surface area (Å²) in [5, 5.41) is 9.75. The number of aryl methyl sites for hydroxylation is 1. The van der Waals surface area contributed by atoms with Crippen molar-refractivity contribution in [3.8, 4) is 11.5 Å². The number of nitrogens with one attached hydrogen (secondary N) is 3. The molecule has 0 spiro atoms. The normalized spacial score (nSPS) is 27.5. The third kappa shape index (κ3) is 4.17. The zero-order valence-electron chi connectivity index (χ0n) is 19.5. The Bertz CT molecular complexity index is 1180. The largest absolute Gasteiger partial charge is 0.457 e. The van der Waals surface area contributed by atoms with E-state index in [-0.39, 0.29) is 35.3 Å². The van der Waals surface area contributed by atoms with E-state index in [4.69, 9.17) is 9.47 Å². The molecule has 2 aromatic rings. The molecule has 0 bridgehead atoms. The predicted octanol–water partition coefficient (Wildman–Crippen LogP) is 3.48. The Balaban J connectivity index is 1.27. The summed E-state index contributed by atoms with van der Waals surface area (Å²) in [6.45, 7) is 3.99. The Labute approximate surface area is 208 Å². The van der Waals surface area contributed by atoms with Gasteiger partial charge in [0.25, 0.3) is 5.91 Å². The number of urea groups is 1. The number of amides is 3. The van der Waals surface area contributed by atoms with Crippen molar-refractivity contribution in [3.05, 3.63) is 64.7 Å². The van der Waals surface area contributed by atoms with E-state index in [0.717, 1.165) is 47.8 Å². The Hall–Kier alpha value is -3.01. The van der Waals surface area contributed by atoms with Gasteiger partial charge in [-0.2, -0.15) is 0 Å². The molecule has 4 aliphatic heterocycles. The van der Waals surface area contributed by atoms with Crippen molar-refractivity contribution in [3.63, 3.8) is 0 Å². The van der Waals surface area contributed by atoms with Crippen LogP contribution in [0.1, 0.15) is 18.4 Å². The van der Waals surface area contributed by atoms with Crippen LogP contribution in [0.15, 0.2) is 59.1 Å². The van der Waals surface area contributed by atoms with Crippen molar-refractivity contribution in [2.75, 3.05) is 24.7 Å². The van der Waals surface area contributed by atoms with Gasteiger partial charge >= 0.3 is 6.03 Å². The molecule has 8 nitrogen and oxygen atoms in total. The number of rotatable bonds is 5. The summed E-state index contributed by atoms with van der Waals surface area (Å²) < 4.78 is 11.4. The van der Waals surface area contributed by atoms with Crippen LogP contribution in [0.3, 0.4) is 0 Å². The van der Waals surface area contributed by atoms with Crippen LogP contribution in [0.4, 0.5) is 10.5 Å². The first-order chi connectivity index (χ1) is 17.1. The van der Waals surface area contributed by atoms with Gasteiger partial charge in [-0.1, -0.05) is 30.0 Å². The van der Waals surface area contributed by atoms with Gasteiger partial charge in [-0.3, -0.25) is 9.69 Å². The van der Waals surface area contributed by atoms with Crippen LogP contribution >= 0.6 is 11.8 Å². The van der Waals surface area contributed by atoms with Crippen LogP contribution in [0.5, 0.6) is 11.5 Å². The highest BCUT2D eigenvalue weighted by molar-refractivity contribution is 8.04. The number of ether oxygens (including phenoxy) is 2. The molecule has 4 atom stereocenters. The minimum absolute atomic E-state index is 0.0201. The summed E-state index contributed by atoms with van der Waals surface area (Å²) >= 11 is 1.52. The molecular formula is C26H28N4O4S. The summed E-state index contributed by atoms with van der Waals surface area (Å²) in [6.07, 6.45) is 1.63. The summed E-state index contributed by atoms with van der Waals surface area (Å²) in [5.41, 5.74) is 2.57. The molecule has 9 heteroatoms. The first kappa shape index (κ1) is 22.5. The van der Waals surface area contributed by atoms with E-state index in [1.807, 2.05) is 60.4 Å². The first-order valence-corrected chi connectivity index (χ1v) is 12.9. The summed E-state index contributed by atoms with van der Waals surface area (Å²) in [4.78, 5) is 29.0. The average Bonchev–Trinajstić information content (AvgIpc) is 3.50. The van der Waals surface area contributed by atoms with Gasteiger partial charge in [-0.15, -0.1) is 0 Å². The highest BCUT2D eigenvalue weighted by Crippen LogP contribution is 2.48. The number of anilines is 1. The van der Waals surface area contributed by atoms with Crippen molar-refractivity contribution in [2.24, 2.45) is 5.92 Å². The molecule has 4 aliphatic rings. The quantitative estimate of drug-likeness (QED) is 0.592. The fourth-order valence-electron chi connectivity index (χ4n) is 5.39. The molecule has 4 heterocycles. The van der Waals surface area contributed by atoms with Crippen molar-refractivity contribution < 1.29 is 19.1 Å². The number of nitrogens with zero attached hydrogens (tertiary/aromatic N) is 1. The molecule has 2 aromatic carbocycles. The highest BCUT2D eigenvalue weighted by atomic mass is 32.2.